The zero-order valence-corrected chi connectivity index (χ0v) is 18.4. The van der Waals surface area contributed by atoms with Crippen LogP contribution >= 0.6 is 22.6 Å². The van der Waals surface area contributed by atoms with Gasteiger partial charge in [-0.1, -0.05) is 0 Å². The van der Waals surface area contributed by atoms with Crippen LogP contribution in [0.2, 0.25) is 0 Å². The fourth-order valence-electron chi connectivity index (χ4n) is 3.47. The predicted molar refractivity (Wildman–Crippen MR) is 122 cm³/mol. The molecule has 2 fully saturated rings. The fourth-order valence-corrected chi connectivity index (χ4v) is 3.97. The van der Waals surface area contributed by atoms with Crippen molar-refractivity contribution < 1.29 is 9.53 Å². The van der Waals surface area contributed by atoms with Crippen LogP contribution in [0.3, 0.4) is 0 Å². The summed E-state index contributed by atoms with van der Waals surface area (Å²) >= 11 is 2.11. The summed E-state index contributed by atoms with van der Waals surface area (Å²) in [5, 5.41) is 14.6. The number of hydrogen-bond donors (Lipinski definition) is 3. The topological polar surface area (TPSA) is 105 Å². The summed E-state index contributed by atoms with van der Waals surface area (Å²) in [5.74, 6) is 0.459. The molecule has 1 aliphatic carbocycles. The Balaban J connectivity index is 1.47. The number of fused-ring (bicyclic) bond motifs is 1. The molecule has 0 unspecified atom stereocenters. The van der Waals surface area contributed by atoms with E-state index >= 15 is 0 Å². The number of carbonyl (C=O) groups is 1. The van der Waals surface area contributed by atoms with Crippen molar-refractivity contribution in [3.8, 4) is 0 Å². The average molecular weight is 519 g/mol. The van der Waals surface area contributed by atoms with Crippen molar-refractivity contribution in [3.05, 3.63) is 40.0 Å². The molecule has 0 atom stereocenters. The molecule has 0 spiro atoms. The first-order valence-corrected chi connectivity index (χ1v) is 11.2. The smallest absolute Gasteiger partial charge is 0.276 e. The quantitative estimate of drug-likeness (QED) is 0.340. The van der Waals surface area contributed by atoms with Gasteiger partial charge in [0.15, 0.2) is 11.3 Å². The maximum Gasteiger partial charge on any atom is 0.276 e. The number of carbonyl (C=O) groups excluding carboxylic acids is 1. The van der Waals surface area contributed by atoms with Crippen LogP contribution in [0, 0.1) is 3.70 Å². The van der Waals surface area contributed by atoms with Gasteiger partial charge in [-0.25, -0.2) is 9.50 Å². The minimum Gasteiger partial charge on any atom is -0.381 e. The second kappa shape index (κ2) is 8.34. The molecule has 1 saturated heterocycles. The van der Waals surface area contributed by atoms with Crippen molar-refractivity contribution in [2.75, 3.05) is 29.2 Å². The van der Waals surface area contributed by atoms with Gasteiger partial charge in [0.1, 0.15) is 9.52 Å². The molecule has 1 saturated carbocycles. The molecule has 30 heavy (non-hydrogen) atoms. The Bertz CT molecular complexity index is 1080. The average Bonchev–Trinajstić information content (AvgIpc) is 3.44. The number of anilines is 3. The van der Waals surface area contributed by atoms with E-state index in [1.807, 2.05) is 12.1 Å². The SMILES string of the molecule is O=C(Nc1ccnc(I)c1)c1cnc2c(NC3CC3)cc(NC3CCOCC3)nn12. The van der Waals surface area contributed by atoms with Crippen molar-refractivity contribution in [2.24, 2.45) is 0 Å². The lowest BCUT2D eigenvalue weighted by molar-refractivity contribution is 0.0903. The normalized spacial score (nSPS) is 17.1. The van der Waals surface area contributed by atoms with E-state index in [0.29, 0.717) is 29.1 Å². The van der Waals surface area contributed by atoms with E-state index in [-0.39, 0.29) is 5.91 Å². The summed E-state index contributed by atoms with van der Waals surface area (Å²) in [4.78, 5) is 21.6. The van der Waals surface area contributed by atoms with E-state index < -0.39 is 0 Å². The molecule has 10 heteroatoms. The van der Waals surface area contributed by atoms with Gasteiger partial charge < -0.3 is 20.7 Å². The molecule has 3 N–H and O–H groups in total. The number of ether oxygens (including phenoxy) is 1. The molecular formula is C20H22IN7O2. The van der Waals surface area contributed by atoms with Crippen molar-refractivity contribution in [3.63, 3.8) is 0 Å². The largest absolute Gasteiger partial charge is 0.381 e. The number of nitrogens with zero attached hydrogens (tertiary/aromatic N) is 4. The van der Waals surface area contributed by atoms with Crippen LogP contribution in [0.15, 0.2) is 30.6 Å². The van der Waals surface area contributed by atoms with E-state index in [9.17, 15) is 4.79 Å². The highest BCUT2D eigenvalue weighted by atomic mass is 127. The van der Waals surface area contributed by atoms with Crippen molar-refractivity contribution in [1.82, 2.24) is 19.6 Å². The third-order valence-electron chi connectivity index (χ3n) is 5.19. The first-order valence-electron chi connectivity index (χ1n) is 10.1. The Kier molecular flexibility index (Phi) is 5.42. The van der Waals surface area contributed by atoms with Gasteiger partial charge in [-0.15, -0.1) is 5.10 Å². The Morgan fingerprint density at radius 1 is 1.10 bits per heavy atom. The van der Waals surface area contributed by atoms with Crippen molar-refractivity contribution >= 4 is 51.3 Å². The summed E-state index contributed by atoms with van der Waals surface area (Å²) in [6.07, 6.45) is 7.39. The Morgan fingerprint density at radius 3 is 2.67 bits per heavy atom. The predicted octanol–water partition coefficient (Wildman–Crippen LogP) is 3.15. The minimum absolute atomic E-state index is 0.266. The molecule has 3 aromatic heterocycles. The number of pyridine rings is 1. The number of amides is 1. The molecular weight excluding hydrogens is 497 g/mol. The third kappa shape index (κ3) is 4.33. The monoisotopic (exact) mass is 519 g/mol. The van der Waals surface area contributed by atoms with Crippen LogP contribution in [0.5, 0.6) is 0 Å². The van der Waals surface area contributed by atoms with E-state index in [1.54, 1.807) is 23.0 Å². The first kappa shape index (κ1) is 19.5. The highest BCUT2D eigenvalue weighted by molar-refractivity contribution is 14.1. The summed E-state index contributed by atoms with van der Waals surface area (Å²) in [6, 6.07) is 6.32. The van der Waals surface area contributed by atoms with E-state index in [4.69, 9.17) is 4.74 Å². The Hall–Kier alpha value is -2.47. The standard InChI is InChI=1S/C20H22IN7O2/c21-17-9-14(3-6-22-17)26-20(29)16-11-23-19-15(24-12-1-2-12)10-18(27-28(16)19)25-13-4-7-30-8-5-13/h3,6,9-13,24H,1-2,4-5,7-8H2,(H,25,27)(H,22,26,29). The van der Waals surface area contributed by atoms with Crippen LogP contribution in [0.4, 0.5) is 17.2 Å². The lowest BCUT2D eigenvalue weighted by Gasteiger charge is -2.24. The van der Waals surface area contributed by atoms with Gasteiger partial charge in [-0.3, -0.25) is 9.78 Å². The third-order valence-corrected chi connectivity index (χ3v) is 5.78. The van der Waals surface area contributed by atoms with Crippen molar-refractivity contribution in [2.45, 2.75) is 37.8 Å². The maximum absolute atomic E-state index is 13.0. The zero-order valence-electron chi connectivity index (χ0n) is 16.3. The second-order valence-corrected chi connectivity index (χ2v) is 8.70. The summed E-state index contributed by atoms with van der Waals surface area (Å²) < 4.78 is 7.87. The van der Waals surface area contributed by atoms with Gasteiger partial charge in [0, 0.05) is 43.2 Å². The molecule has 0 radical (unpaired) electrons. The van der Waals surface area contributed by atoms with Crippen molar-refractivity contribution in [1.29, 1.82) is 0 Å². The zero-order chi connectivity index (χ0) is 20.5. The van der Waals surface area contributed by atoms with E-state index in [0.717, 1.165) is 54.1 Å². The molecule has 9 nitrogen and oxygen atoms in total. The highest BCUT2D eigenvalue weighted by Gasteiger charge is 2.25. The number of imidazole rings is 1. The number of aromatic nitrogens is 4. The summed E-state index contributed by atoms with van der Waals surface area (Å²) in [7, 11) is 0. The maximum atomic E-state index is 13.0. The Labute approximate surface area is 187 Å². The van der Waals surface area contributed by atoms with E-state index in [1.165, 1.54) is 0 Å². The Morgan fingerprint density at radius 2 is 1.90 bits per heavy atom. The molecule has 0 bridgehead atoms. The lowest BCUT2D eigenvalue weighted by Crippen LogP contribution is -2.28. The molecule has 0 aromatic carbocycles. The van der Waals surface area contributed by atoms with Gasteiger partial charge in [0.2, 0.25) is 0 Å². The van der Waals surface area contributed by atoms with Crippen LogP contribution in [-0.2, 0) is 4.74 Å². The number of rotatable bonds is 6. The second-order valence-electron chi connectivity index (χ2n) is 7.59. The van der Waals surface area contributed by atoms with Crippen LogP contribution in [-0.4, -0.2) is 50.8 Å². The first-order chi connectivity index (χ1) is 14.7. The molecule has 3 aromatic rings. The van der Waals surface area contributed by atoms with Crippen LogP contribution in [0.25, 0.3) is 5.65 Å². The van der Waals surface area contributed by atoms with Gasteiger partial charge in [0.05, 0.1) is 11.9 Å². The number of nitrogens with one attached hydrogen (secondary N) is 3. The molecule has 1 aliphatic heterocycles. The highest BCUT2D eigenvalue weighted by Crippen LogP contribution is 2.29. The molecule has 1 amide bonds. The molecule has 5 rings (SSSR count). The molecule has 2 aliphatic rings. The number of halogens is 1. The lowest BCUT2D eigenvalue weighted by atomic mass is 10.1. The van der Waals surface area contributed by atoms with Crippen LogP contribution in [0.1, 0.15) is 36.2 Å². The molecule has 4 heterocycles. The molecule has 156 valence electrons. The van der Waals surface area contributed by atoms with Gasteiger partial charge in [0.25, 0.3) is 5.91 Å². The summed E-state index contributed by atoms with van der Waals surface area (Å²) in [5.41, 5.74) is 2.60. The number of hydrogen-bond acceptors (Lipinski definition) is 7. The fraction of sp³-hybridized carbons (Fsp3) is 0.400. The minimum atomic E-state index is -0.266. The summed E-state index contributed by atoms with van der Waals surface area (Å²) in [6.45, 7) is 1.49. The van der Waals surface area contributed by atoms with Crippen LogP contribution < -0.4 is 16.0 Å². The van der Waals surface area contributed by atoms with E-state index in [2.05, 4.69) is 53.6 Å². The van der Waals surface area contributed by atoms with Gasteiger partial charge in [-0.05, 0) is 60.4 Å². The van der Waals surface area contributed by atoms with Gasteiger partial charge >= 0.3 is 0 Å². The van der Waals surface area contributed by atoms with Gasteiger partial charge in [-0.2, -0.15) is 0 Å².